The van der Waals surface area contributed by atoms with E-state index in [1.54, 1.807) is 18.2 Å². The zero-order valence-electron chi connectivity index (χ0n) is 18.0. The Hall–Kier alpha value is -2.15. The van der Waals surface area contributed by atoms with Gasteiger partial charge in [0.25, 0.3) is 5.91 Å². The highest BCUT2D eigenvalue weighted by Crippen LogP contribution is 2.36. The highest BCUT2D eigenvalue weighted by molar-refractivity contribution is 6.62. The standard InChI is InChI=1S/C21H28BFN2O5/c1-13(26)19(27)25-9-8-18(16(23)12-25)28-17-7-6-15(10-14(17)11-24)22-29-20(2,3)21(4,5)30-22/h6-7,10,13,16,18,26H,8-9,12H2,1-5H3/t13?,16-,18+/m1/s1. The van der Waals surface area contributed by atoms with Crippen LogP contribution in [0.2, 0.25) is 0 Å². The van der Waals surface area contributed by atoms with E-state index in [0.717, 1.165) is 0 Å². The third kappa shape index (κ3) is 4.31. The molecule has 1 unspecified atom stereocenters. The number of amides is 1. The SMILES string of the molecule is CC(O)C(=O)N1CC[C@H](Oc2ccc(B3OC(C)(C)C(C)(C)O3)cc2C#N)[C@H](F)C1. The van der Waals surface area contributed by atoms with E-state index >= 15 is 0 Å². The molecule has 0 spiro atoms. The topological polar surface area (TPSA) is 92.0 Å². The Morgan fingerprint density at radius 2 is 2.00 bits per heavy atom. The number of piperidine rings is 1. The maximum absolute atomic E-state index is 14.6. The Bertz CT molecular complexity index is 838. The van der Waals surface area contributed by atoms with Gasteiger partial charge in [0.2, 0.25) is 0 Å². The predicted octanol–water partition coefficient (Wildman–Crippen LogP) is 1.56. The smallest absolute Gasteiger partial charge is 0.486 e. The summed E-state index contributed by atoms with van der Waals surface area (Å²) < 4.78 is 32.5. The van der Waals surface area contributed by atoms with Crippen LogP contribution in [0.15, 0.2) is 18.2 Å². The molecule has 0 aliphatic carbocycles. The number of aliphatic hydroxyl groups is 1. The van der Waals surface area contributed by atoms with Crippen LogP contribution in [0.25, 0.3) is 0 Å². The second-order valence-electron chi connectivity index (χ2n) is 8.88. The van der Waals surface area contributed by atoms with Crippen molar-refractivity contribution >= 4 is 18.5 Å². The van der Waals surface area contributed by atoms with E-state index in [1.165, 1.54) is 11.8 Å². The predicted molar refractivity (Wildman–Crippen MR) is 109 cm³/mol. The first-order valence-corrected chi connectivity index (χ1v) is 10.1. The zero-order chi connectivity index (χ0) is 22.3. The number of nitrogens with zero attached hydrogens (tertiary/aromatic N) is 2. The Balaban J connectivity index is 1.71. The summed E-state index contributed by atoms with van der Waals surface area (Å²) in [7, 11) is -0.611. The summed E-state index contributed by atoms with van der Waals surface area (Å²) in [5.74, 6) is -0.221. The van der Waals surface area contributed by atoms with Gasteiger partial charge < -0.3 is 24.1 Å². The minimum atomic E-state index is -1.42. The molecule has 3 rings (SSSR count). The molecule has 7 nitrogen and oxygen atoms in total. The minimum absolute atomic E-state index is 0.151. The fourth-order valence-corrected chi connectivity index (χ4v) is 3.51. The molecule has 2 aliphatic rings. The van der Waals surface area contributed by atoms with Gasteiger partial charge in [0.15, 0.2) is 6.17 Å². The first-order valence-electron chi connectivity index (χ1n) is 10.1. The van der Waals surface area contributed by atoms with Gasteiger partial charge >= 0.3 is 7.12 Å². The van der Waals surface area contributed by atoms with Crippen molar-refractivity contribution in [3.05, 3.63) is 23.8 Å². The third-order valence-electron chi connectivity index (χ3n) is 6.08. The largest absolute Gasteiger partial charge is 0.494 e. The Morgan fingerprint density at radius 3 is 2.53 bits per heavy atom. The van der Waals surface area contributed by atoms with E-state index in [2.05, 4.69) is 6.07 Å². The summed E-state index contributed by atoms with van der Waals surface area (Å²) in [6, 6.07) is 7.10. The van der Waals surface area contributed by atoms with Crippen molar-refractivity contribution in [3.63, 3.8) is 0 Å². The first kappa shape index (κ1) is 22.5. The molecule has 1 N–H and O–H groups in total. The molecule has 2 aliphatic heterocycles. The molecule has 3 atom stereocenters. The summed E-state index contributed by atoms with van der Waals surface area (Å²) >= 11 is 0. The molecule has 0 bridgehead atoms. The fourth-order valence-electron chi connectivity index (χ4n) is 3.51. The lowest BCUT2D eigenvalue weighted by Gasteiger charge is -2.35. The normalized spacial score (nSPS) is 26.2. The summed E-state index contributed by atoms with van der Waals surface area (Å²) in [6.45, 7) is 9.29. The van der Waals surface area contributed by atoms with Gasteiger partial charge in [-0.2, -0.15) is 5.26 Å². The monoisotopic (exact) mass is 418 g/mol. The van der Waals surface area contributed by atoms with Gasteiger partial charge in [0.05, 0.1) is 23.3 Å². The van der Waals surface area contributed by atoms with Crippen molar-refractivity contribution in [1.29, 1.82) is 5.26 Å². The summed E-state index contributed by atoms with van der Waals surface area (Å²) in [4.78, 5) is 13.2. The maximum atomic E-state index is 14.6. The molecule has 0 aromatic heterocycles. The van der Waals surface area contributed by atoms with E-state index in [9.17, 15) is 19.6 Å². The number of carbonyl (C=O) groups excluding carboxylic acids is 1. The van der Waals surface area contributed by atoms with Crippen LogP contribution in [-0.2, 0) is 14.1 Å². The van der Waals surface area contributed by atoms with E-state index in [0.29, 0.717) is 5.46 Å². The van der Waals surface area contributed by atoms with Crippen LogP contribution in [0.3, 0.4) is 0 Å². The quantitative estimate of drug-likeness (QED) is 0.747. The number of aliphatic hydroxyl groups excluding tert-OH is 1. The minimum Gasteiger partial charge on any atom is -0.486 e. The molecule has 2 fully saturated rings. The summed E-state index contributed by atoms with van der Waals surface area (Å²) in [6.07, 6.45) is -3.10. The van der Waals surface area contributed by atoms with Gasteiger partial charge in [-0.1, -0.05) is 6.07 Å². The van der Waals surface area contributed by atoms with Crippen LogP contribution in [0, 0.1) is 11.3 Å². The second-order valence-corrected chi connectivity index (χ2v) is 8.88. The van der Waals surface area contributed by atoms with Gasteiger partial charge in [-0.05, 0) is 52.2 Å². The van der Waals surface area contributed by atoms with Crippen molar-refractivity contribution in [2.75, 3.05) is 13.1 Å². The zero-order valence-corrected chi connectivity index (χ0v) is 18.0. The van der Waals surface area contributed by atoms with E-state index < -0.39 is 42.6 Å². The third-order valence-corrected chi connectivity index (χ3v) is 6.08. The van der Waals surface area contributed by atoms with Crippen molar-refractivity contribution in [1.82, 2.24) is 4.90 Å². The lowest BCUT2D eigenvalue weighted by atomic mass is 9.78. The number of hydrogen-bond acceptors (Lipinski definition) is 6. The number of ether oxygens (including phenoxy) is 1. The molecule has 0 radical (unpaired) electrons. The molecule has 1 aromatic carbocycles. The van der Waals surface area contributed by atoms with E-state index in [4.69, 9.17) is 14.0 Å². The number of carbonyl (C=O) groups is 1. The number of halogens is 1. The van der Waals surface area contributed by atoms with Crippen LogP contribution in [0.5, 0.6) is 5.75 Å². The van der Waals surface area contributed by atoms with Crippen molar-refractivity contribution in [2.45, 2.75) is 70.6 Å². The van der Waals surface area contributed by atoms with Crippen LogP contribution >= 0.6 is 0 Å². The Kier molecular flexibility index (Phi) is 6.14. The number of nitriles is 1. The number of alkyl halides is 1. The van der Waals surface area contributed by atoms with Crippen LogP contribution in [-0.4, -0.2) is 65.7 Å². The highest BCUT2D eigenvalue weighted by Gasteiger charge is 2.51. The summed E-state index contributed by atoms with van der Waals surface area (Å²) in [5.41, 5.74) is -0.0551. The van der Waals surface area contributed by atoms with Crippen molar-refractivity contribution in [2.24, 2.45) is 0 Å². The molecule has 1 amide bonds. The number of likely N-dealkylation sites (tertiary alicyclic amines) is 1. The molecule has 2 saturated heterocycles. The maximum Gasteiger partial charge on any atom is 0.494 e. The molecule has 30 heavy (non-hydrogen) atoms. The molecule has 2 heterocycles. The second kappa shape index (κ2) is 8.18. The van der Waals surface area contributed by atoms with Crippen molar-refractivity contribution in [3.8, 4) is 11.8 Å². The van der Waals surface area contributed by atoms with Crippen LogP contribution in [0.4, 0.5) is 4.39 Å². The molecule has 9 heteroatoms. The van der Waals surface area contributed by atoms with Gasteiger partial charge in [0.1, 0.15) is 24.0 Å². The van der Waals surface area contributed by atoms with Gasteiger partial charge in [0, 0.05) is 13.0 Å². The first-order chi connectivity index (χ1) is 13.9. The fraction of sp³-hybridized carbons (Fsp3) is 0.619. The van der Waals surface area contributed by atoms with E-state index in [1.807, 2.05) is 27.7 Å². The lowest BCUT2D eigenvalue weighted by molar-refractivity contribution is -0.143. The molecule has 1 aromatic rings. The van der Waals surface area contributed by atoms with Gasteiger partial charge in [-0.15, -0.1) is 0 Å². The van der Waals surface area contributed by atoms with Crippen LogP contribution < -0.4 is 10.2 Å². The average molecular weight is 418 g/mol. The molecule has 0 saturated carbocycles. The summed E-state index contributed by atoms with van der Waals surface area (Å²) in [5, 5.41) is 19.0. The number of benzene rings is 1. The van der Waals surface area contributed by atoms with Gasteiger partial charge in [-0.25, -0.2) is 4.39 Å². The molecule has 162 valence electrons. The number of rotatable bonds is 4. The lowest BCUT2D eigenvalue weighted by Crippen LogP contribution is -2.51. The highest BCUT2D eigenvalue weighted by atomic mass is 19.1. The molecular formula is C21H28BFN2O5. The molecular weight excluding hydrogens is 390 g/mol. The number of hydrogen-bond donors (Lipinski definition) is 1. The average Bonchev–Trinajstić information content (AvgIpc) is 2.90. The van der Waals surface area contributed by atoms with Gasteiger partial charge in [-0.3, -0.25) is 4.79 Å². The van der Waals surface area contributed by atoms with E-state index in [-0.39, 0.29) is 30.8 Å². The Morgan fingerprint density at radius 1 is 1.37 bits per heavy atom. The van der Waals surface area contributed by atoms with Crippen LogP contribution in [0.1, 0.15) is 46.6 Å². The van der Waals surface area contributed by atoms with Crippen molar-refractivity contribution < 1.29 is 28.3 Å². The Labute approximate surface area is 176 Å².